The Labute approximate surface area is 112 Å². The maximum atomic E-state index is 3.51. The normalized spacial score (nSPS) is 24.5. The predicted octanol–water partition coefficient (Wildman–Crippen LogP) is 4.22. The van der Waals surface area contributed by atoms with Gasteiger partial charge in [0.05, 0.1) is 0 Å². The summed E-state index contributed by atoms with van der Waals surface area (Å²) in [6.07, 6.45) is 3.82. The average Bonchev–Trinajstić information content (AvgIpc) is 2.47. The Morgan fingerprint density at radius 2 is 1.94 bits per heavy atom. The van der Waals surface area contributed by atoms with Crippen molar-refractivity contribution in [1.82, 2.24) is 5.32 Å². The van der Waals surface area contributed by atoms with Gasteiger partial charge < -0.3 is 5.32 Å². The number of fused-ring (bicyclic) bond motifs is 1. The Kier molecular flexibility index (Phi) is 3.82. The van der Waals surface area contributed by atoms with Crippen molar-refractivity contribution in [2.75, 3.05) is 7.05 Å². The van der Waals surface area contributed by atoms with Crippen LogP contribution in [0.1, 0.15) is 63.3 Å². The molecule has 1 aliphatic carbocycles. The Balaban J connectivity index is 2.43. The number of rotatable bonds is 1. The van der Waals surface area contributed by atoms with Gasteiger partial charge in [0.25, 0.3) is 0 Å². The summed E-state index contributed by atoms with van der Waals surface area (Å²) in [5.41, 5.74) is 4.78. The van der Waals surface area contributed by atoms with Gasteiger partial charge in [0.2, 0.25) is 0 Å². The molecule has 1 nitrogen and oxygen atoms in total. The zero-order valence-electron chi connectivity index (χ0n) is 12.5. The zero-order valence-corrected chi connectivity index (χ0v) is 12.5. The molecule has 0 spiro atoms. The smallest absolute Gasteiger partial charge is 0.0322 e. The van der Waals surface area contributed by atoms with Crippen molar-refractivity contribution in [2.24, 2.45) is 5.92 Å². The van der Waals surface area contributed by atoms with Gasteiger partial charge in [-0.15, -0.1) is 0 Å². The van der Waals surface area contributed by atoms with Crippen LogP contribution >= 0.6 is 0 Å². The Morgan fingerprint density at radius 3 is 2.56 bits per heavy atom. The molecule has 1 N–H and O–H groups in total. The summed E-state index contributed by atoms with van der Waals surface area (Å²) in [6, 6.07) is 7.65. The van der Waals surface area contributed by atoms with Crippen molar-refractivity contribution in [1.29, 1.82) is 0 Å². The molecule has 0 amide bonds. The van der Waals surface area contributed by atoms with Crippen molar-refractivity contribution in [3.63, 3.8) is 0 Å². The number of hydrogen-bond donors (Lipinski definition) is 1. The molecule has 0 heterocycles. The van der Waals surface area contributed by atoms with Gasteiger partial charge in [0, 0.05) is 6.04 Å². The highest BCUT2D eigenvalue weighted by Crippen LogP contribution is 2.34. The van der Waals surface area contributed by atoms with E-state index in [4.69, 9.17) is 0 Å². The highest BCUT2D eigenvalue weighted by Gasteiger charge is 2.23. The van der Waals surface area contributed by atoms with Crippen LogP contribution in [0.4, 0.5) is 0 Å². The molecule has 0 aromatic heterocycles. The monoisotopic (exact) mass is 245 g/mol. The third-order valence-electron chi connectivity index (χ3n) is 4.28. The molecule has 0 aliphatic heterocycles. The molecule has 0 saturated carbocycles. The van der Waals surface area contributed by atoms with Crippen molar-refractivity contribution >= 4 is 0 Å². The van der Waals surface area contributed by atoms with Gasteiger partial charge in [0.1, 0.15) is 0 Å². The van der Waals surface area contributed by atoms with E-state index in [-0.39, 0.29) is 5.41 Å². The summed E-state index contributed by atoms with van der Waals surface area (Å²) in [7, 11) is 2.09. The summed E-state index contributed by atoms with van der Waals surface area (Å²) in [5.74, 6) is 0.813. The van der Waals surface area contributed by atoms with Crippen LogP contribution in [0.25, 0.3) is 0 Å². The fourth-order valence-corrected chi connectivity index (χ4v) is 2.94. The van der Waals surface area contributed by atoms with Gasteiger partial charge in [0.15, 0.2) is 0 Å². The lowest BCUT2D eigenvalue weighted by molar-refractivity contribution is 0.427. The van der Waals surface area contributed by atoms with E-state index in [1.54, 1.807) is 5.56 Å². The molecule has 1 aliphatic rings. The highest BCUT2D eigenvalue weighted by molar-refractivity contribution is 5.38. The van der Waals surface area contributed by atoms with Crippen molar-refractivity contribution < 1.29 is 0 Å². The molecule has 1 aromatic rings. The molecule has 1 heteroatoms. The summed E-state index contributed by atoms with van der Waals surface area (Å²) < 4.78 is 0. The molecule has 2 unspecified atom stereocenters. The quantitative estimate of drug-likeness (QED) is 0.731. The van der Waals surface area contributed by atoms with Crippen LogP contribution in [0, 0.1) is 5.92 Å². The Hall–Kier alpha value is -0.820. The number of nitrogens with one attached hydrogen (secondary N) is 1. The third kappa shape index (κ3) is 2.77. The van der Waals surface area contributed by atoms with Crippen LogP contribution in [0.2, 0.25) is 0 Å². The first-order chi connectivity index (χ1) is 8.41. The second kappa shape index (κ2) is 5.05. The van der Waals surface area contributed by atoms with Gasteiger partial charge in [-0.3, -0.25) is 0 Å². The van der Waals surface area contributed by atoms with Crippen molar-refractivity contribution in [2.45, 2.75) is 58.4 Å². The molecule has 1 aromatic carbocycles. The highest BCUT2D eigenvalue weighted by atomic mass is 14.9. The third-order valence-corrected chi connectivity index (χ3v) is 4.28. The molecule has 0 fully saturated rings. The summed E-state index contributed by atoms with van der Waals surface area (Å²) >= 11 is 0. The standard InChI is InChI=1S/C17H27N/c1-12-6-7-13-8-9-14(17(2,3)4)11-15(13)16(10-12)18-5/h8-9,11-12,16,18H,6-7,10H2,1-5H3. The lowest BCUT2D eigenvalue weighted by Gasteiger charge is -2.24. The van der Waals surface area contributed by atoms with Gasteiger partial charge >= 0.3 is 0 Å². The minimum atomic E-state index is 0.241. The predicted molar refractivity (Wildman–Crippen MR) is 79.0 cm³/mol. The second-order valence-corrected chi connectivity index (χ2v) is 6.88. The summed E-state index contributed by atoms with van der Waals surface area (Å²) in [5, 5.41) is 3.51. The van der Waals surface area contributed by atoms with Gasteiger partial charge in [-0.05, 0) is 54.3 Å². The van der Waals surface area contributed by atoms with Crippen molar-refractivity contribution in [3.8, 4) is 0 Å². The lowest BCUT2D eigenvalue weighted by Crippen LogP contribution is -2.20. The molecule has 0 saturated heterocycles. The molecule has 18 heavy (non-hydrogen) atoms. The summed E-state index contributed by atoms with van der Waals surface area (Å²) in [4.78, 5) is 0. The minimum Gasteiger partial charge on any atom is -0.313 e. The van der Waals surface area contributed by atoms with Crippen LogP contribution in [-0.4, -0.2) is 7.05 Å². The second-order valence-electron chi connectivity index (χ2n) is 6.88. The van der Waals surface area contributed by atoms with E-state index in [0.717, 1.165) is 5.92 Å². The van der Waals surface area contributed by atoms with Gasteiger partial charge in [-0.2, -0.15) is 0 Å². The molecule has 0 radical (unpaired) electrons. The van der Waals surface area contributed by atoms with Crippen LogP contribution < -0.4 is 5.32 Å². The van der Waals surface area contributed by atoms with Crippen molar-refractivity contribution in [3.05, 3.63) is 34.9 Å². The zero-order chi connectivity index (χ0) is 13.3. The maximum absolute atomic E-state index is 3.51. The average molecular weight is 245 g/mol. The van der Waals surface area contributed by atoms with Gasteiger partial charge in [-0.25, -0.2) is 0 Å². The van der Waals surface area contributed by atoms with E-state index in [9.17, 15) is 0 Å². The maximum Gasteiger partial charge on any atom is 0.0322 e. The lowest BCUT2D eigenvalue weighted by atomic mass is 9.84. The molecule has 100 valence electrons. The fraction of sp³-hybridized carbons (Fsp3) is 0.647. The van der Waals surface area contributed by atoms with E-state index < -0.39 is 0 Å². The molecular weight excluding hydrogens is 218 g/mol. The van der Waals surface area contributed by atoms with E-state index in [2.05, 4.69) is 58.3 Å². The van der Waals surface area contributed by atoms with Gasteiger partial charge in [-0.1, -0.05) is 45.9 Å². The van der Waals surface area contributed by atoms with E-state index in [1.165, 1.54) is 30.4 Å². The SMILES string of the molecule is CNC1CC(C)CCc2ccc(C(C)(C)C)cc21. The largest absolute Gasteiger partial charge is 0.313 e. The molecular formula is C17H27N. The Morgan fingerprint density at radius 1 is 1.22 bits per heavy atom. The minimum absolute atomic E-state index is 0.241. The fourth-order valence-electron chi connectivity index (χ4n) is 2.94. The van der Waals surface area contributed by atoms with E-state index >= 15 is 0 Å². The molecule has 0 bridgehead atoms. The van der Waals surface area contributed by atoms with Crippen LogP contribution in [-0.2, 0) is 11.8 Å². The van der Waals surface area contributed by atoms with E-state index in [0.29, 0.717) is 6.04 Å². The topological polar surface area (TPSA) is 12.0 Å². The van der Waals surface area contributed by atoms with Crippen LogP contribution in [0.15, 0.2) is 18.2 Å². The molecule has 2 atom stereocenters. The van der Waals surface area contributed by atoms with Crippen LogP contribution in [0.5, 0.6) is 0 Å². The van der Waals surface area contributed by atoms with E-state index in [1.807, 2.05) is 0 Å². The molecule has 2 rings (SSSR count). The first kappa shape index (κ1) is 13.6. The number of hydrogen-bond acceptors (Lipinski definition) is 1. The number of benzene rings is 1. The van der Waals surface area contributed by atoms with Crippen LogP contribution in [0.3, 0.4) is 0 Å². The number of aryl methyl sites for hydroxylation is 1. The first-order valence-electron chi connectivity index (χ1n) is 7.22. The summed E-state index contributed by atoms with van der Waals surface area (Å²) in [6.45, 7) is 9.26. The Bertz CT molecular complexity index is 414. The first-order valence-corrected chi connectivity index (χ1v) is 7.22.